The maximum atomic E-state index is 9.17. The van der Waals surface area contributed by atoms with Crippen molar-refractivity contribution < 1.29 is 5.11 Å². The molecule has 0 aliphatic carbocycles. The van der Waals surface area contributed by atoms with E-state index in [1.807, 2.05) is 0 Å². The summed E-state index contributed by atoms with van der Waals surface area (Å²) in [5.41, 5.74) is 0. The van der Waals surface area contributed by atoms with Crippen LogP contribution in [0.15, 0.2) is 12.4 Å². The first-order valence-electron chi connectivity index (χ1n) is 5.04. The Morgan fingerprint density at radius 3 is 2.80 bits per heavy atom. The lowest BCUT2D eigenvalue weighted by molar-refractivity contribution is 0.212. The molecule has 5 heteroatoms. The van der Waals surface area contributed by atoms with E-state index in [9.17, 15) is 5.11 Å². The number of halogens is 1. The minimum Gasteiger partial charge on any atom is -0.396 e. The second kappa shape index (κ2) is 4.33. The summed E-state index contributed by atoms with van der Waals surface area (Å²) in [7, 11) is 0. The molecule has 1 saturated heterocycles. The summed E-state index contributed by atoms with van der Waals surface area (Å²) >= 11 is 5.97. The van der Waals surface area contributed by atoms with Gasteiger partial charge in [-0.15, -0.1) is 0 Å². The Morgan fingerprint density at radius 1 is 1.47 bits per heavy atom. The maximum Gasteiger partial charge on any atom is 0.171 e. The zero-order valence-corrected chi connectivity index (χ0v) is 9.35. The lowest BCUT2D eigenvalue weighted by Crippen LogP contribution is -2.22. The minimum absolute atomic E-state index is 0.218. The molecule has 1 aliphatic heterocycles. The van der Waals surface area contributed by atoms with Crippen molar-refractivity contribution in [2.75, 3.05) is 24.6 Å². The zero-order valence-electron chi connectivity index (χ0n) is 8.60. The van der Waals surface area contributed by atoms with Gasteiger partial charge in [-0.05, 0) is 5.92 Å². The Morgan fingerprint density at radius 2 is 2.20 bits per heavy atom. The Labute approximate surface area is 93.9 Å². The molecule has 2 rings (SSSR count). The molecule has 4 nitrogen and oxygen atoms in total. The Balaban J connectivity index is 2.17. The molecule has 0 saturated carbocycles. The molecule has 82 valence electrons. The fourth-order valence-electron chi connectivity index (χ4n) is 1.97. The van der Waals surface area contributed by atoms with Crippen LogP contribution in [0.3, 0.4) is 0 Å². The van der Waals surface area contributed by atoms with E-state index in [0.717, 1.165) is 18.9 Å². The molecule has 1 N–H and O–H groups in total. The van der Waals surface area contributed by atoms with E-state index in [0.29, 0.717) is 17.0 Å². The number of hydrogen-bond acceptors (Lipinski definition) is 4. The lowest BCUT2D eigenvalue weighted by Gasteiger charge is -2.17. The van der Waals surface area contributed by atoms with Crippen LogP contribution in [0, 0.1) is 11.8 Å². The van der Waals surface area contributed by atoms with Crippen molar-refractivity contribution in [1.29, 1.82) is 0 Å². The van der Waals surface area contributed by atoms with Gasteiger partial charge in [-0.1, -0.05) is 18.5 Å². The van der Waals surface area contributed by atoms with Crippen molar-refractivity contribution in [3.63, 3.8) is 0 Å². The molecular formula is C10H14ClN3O. The van der Waals surface area contributed by atoms with Crippen LogP contribution in [0.4, 0.5) is 5.82 Å². The molecule has 1 aromatic rings. The summed E-state index contributed by atoms with van der Waals surface area (Å²) in [5, 5.41) is 9.61. The number of anilines is 1. The highest BCUT2D eigenvalue weighted by molar-refractivity contribution is 6.31. The summed E-state index contributed by atoms with van der Waals surface area (Å²) in [4.78, 5) is 10.3. The molecule has 0 bridgehead atoms. The van der Waals surface area contributed by atoms with E-state index in [-0.39, 0.29) is 6.61 Å². The predicted molar refractivity (Wildman–Crippen MR) is 59.0 cm³/mol. The van der Waals surface area contributed by atoms with Crippen LogP contribution < -0.4 is 4.90 Å². The van der Waals surface area contributed by atoms with Gasteiger partial charge in [0.05, 0.1) is 0 Å². The number of aliphatic hydroxyl groups is 1. The number of rotatable bonds is 2. The standard InChI is InChI=1S/C10H14ClN3O/c1-7-4-14(5-8(7)6-15)10-9(11)12-2-3-13-10/h2-3,7-8,15H,4-6H2,1H3. The van der Waals surface area contributed by atoms with Crippen LogP contribution in [-0.4, -0.2) is 34.8 Å². The average molecular weight is 228 g/mol. The highest BCUT2D eigenvalue weighted by Crippen LogP contribution is 2.29. The SMILES string of the molecule is CC1CN(c2nccnc2Cl)CC1CO. The van der Waals surface area contributed by atoms with Crippen LogP contribution in [-0.2, 0) is 0 Å². The van der Waals surface area contributed by atoms with E-state index in [2.05, 4.69) is 21.8 Å². The van der Waals surface area contributed by atoms with Gasteiger partial charge in [0.25, 0.3) is 0 Å². The number of hydrogen-bond donors (Lipinski definition) is 1. The summed E-state index contributed by atoms with van der Waals surface area (Å²) in [5.74, 6) is 1.50. The molecule has 1 aliphatic rings. The van der Waals surface area contributed by atoms with Gasteiger partial charge in [-0.3, -0.25) is 0 Å². The molecule has 2 heterocycles. The van der Waals surface area contributed by atoms with Crippen molar-refractivity contribution in [2.24, 2.45) is 11.8 Å². The Bertz CT molecular complexity index is 347. The highest BCUT2D eigenvalue weighted by atomic mass is 35.5. The first kappa shape index (κ1) is 10.6. The van der Waals surface area contributed by atoms with E-state index in [4.69, 9.17) is 11.6 Å². The van der Waals surface area contributed by atoms with Gasteiger partial charge in [-0.2, -0.15) is 0 Å². The fraction of sp³-hybridized carbons (Fsp3) is 0.600. The first-order chi connectivity index (χ1) is 7.22. The molecule has 1 aromatic heterocycles. The molecule has 15 heavy (non-hydrogen) atoms. The van der Waals surface area contributed by atoms with Crippen molar-refractivity contribution >= 4 is 17.4 Å². The first-order valence-corrected chi connectivity index (χ1v) is 5.42. The molecule has 0 aromatic carbocycles. The van der Waals surface area contributed by atoms with Crippen molar-refractivity contribution in [1.82, 2.24) is 9.97 Å². The second-order valence-corrected chi connectivity index (χ2v) is 4.35. The quantitative estimate of drug-likeness (QED) is 0.825. The molecule has 2 unspecified atom stereocenters. The number of aromatic nitrogens is 2. The monoisotopic (exact) mass is 227 g/mol. The van der Waals surface area contributed by atoms with Crippen LogP contribution in [0.1, 0.15) is 6.92 Å². The van der Waals surface area contributed by atoms with Gasteiger partial charge in [0.15, 0.2) is 11.0 Å². The Kier molecular flexibility index (Phi) is 3.07. The molecule has 1 fully saturated rings. The molecule has 0 spiro atoms. The molecule has 0 radical (unpaired) electrons. The zero-order chi connectivity index (χ0) is 10.8. The van der Waals surface area contributed by atoms with E-state index in [1.54, 1.807) is 12.4 Å². The minimum atomic E-state index is 0.218. The third-order valence-corrected chi connectivity index (χ3v) is 3.20. The summed E-state index contributed by atoms with van der Waals surface area (Å²) < 4.78 is 0. The topological polar surface area (TPSA) is 49.2 Å². The van der Waals surface area contributed by atoms with Gasteiger partial charge < -0.3 is 10.0 Å². The fourth-order valence-corrected chi connectivity index (χ4v) is 2.20. The summed E-state index contributed by atoms with van der Waals surface area (Å²) in [6, 6.07) is 0. The van der Waals surface area contributed by atoms with Crippen LogP contribution in [0.2, 0.25) is 5.15 Å². The summed E-state index contributed by atoms with van der Waals surface area (Å²) in [6.45, 7) is 4.03. The smallest absolute Gasteiger partial charge is 0.171 e. The van der Waals surface area contributed by atoms with Gasteiger partial charge >= 0.3 is 0 Å². The van der Waals surface area contributed by atoms with Gasteiger partial charge in [0, 0.05) is 38.0 Å². The highest BCUT2D eigenvalue weighted by Gasteiger charge is 2.30. The van der Waals surface area contributed by atoms with Crippen molar-refractivity contribution in [3.05, 3.63) is 17.5 Å². The van der Waals surface area contributed by atoms with E-state index >= 15 is 0 Å². The predicted octanol–water partition coefficient (Wildman–Crippen LogP) is 1.19. The normalized spacial score (nSPS) is 25.9. The Hall–Kier alpha value is -0.870. The van der Waals surface area contributed by atoms with Crippen molar-refractivity contribution in [3.8, 4) is 0 Å². The third kappa shape index (κ3) is 2.06. The van der Waals surface area contributed by atoms with Gasteiger partial charge in [0.1, 0.15) is 0 Å². The largest absolute Gasteiger partial charge is 0.396 e. The lowest BCUT2D eigenvalue weighted by atomic mass is 10.00. The number of nitrogens with zero attached hydrogens (tertiary/aromatic N) is 3. The van der Waals surface area contributed by atoms with E-state index in [1.165, 1.54) is 0 Å². The van der Waals surface area contributed by atoms with Gasteiger partial charge in [-0.25, -0.2) is 9.97 Å². The van der Waals surface area contributed by atoms with Crippen LogP contribution >= 0.6 is 11.6 Å². The molecule has 2 atom stereocenters. The van der Waals surface area contributed by atoms with E-state index < -0.39 is 0 Å². The number of aliphatic hydroxyl groups excluding tert-OH is 1. The average Bonchev–Trinajstić information content (AvgIpc) is 2.60. The second-order valence-electron chi connectivity index (χ2n) is 4.00. The maximum absolute atomic E-state index is 9.17. The molecular weight excluding hydrogens is 214 g/mol. The van der Waals surface area contributed by atoms with Crippen LogP contribution in [0.5, 0.6) is 0 Å². The van der Waals surface area contributed by atoms with Gasteiger partial charge in [0.2, 0.25) is 0 Å². The van der Waals surface area contributed by atoms with Crippen LogP contribution in [0.25, 0.3) is 0 Å². The van der Waals surface area contributed by atoms with Crippen molar-refractivity contribution in [2.45, 2.75) is 6.92 Å². The summed E-state index contributed by atoms with van der Waals surface area (Å²) in [6.07, 6.45) is 3.22. The third-order valence-electron chi connectivity index (χ3n) is 2.94. The molecule has 0 amide bonds.